The summed E-state index contributed by atoms with van der Waals surface area (Å²) in [5.41, 5.74) is 0. The summed E-state index contributed by atoms with van der Waals surface area (Å²) in [4.78, 5) is 13.4. The number of hydrogen-bond donors (Lipinski definition) is 1. The number of rotatable bonds is 5. The Hall–Kier alpha value is -1.13. The van der Waals surface area contributed by atoms with Gasteiger partial charge < -0.3 is 4.90 Å². The first kappa shape index (κ1) is 14.9. The lowest BCUT2D eigenvalue weighted by atomic mass is 10.1. The Morgan fingerprint density at radius 1 is 1.39 bits per heavy atom. The molecule has 1 unspecified atom stereocenters. The van der Waals surface area contributed by atoms with Crippen LogP contribution in [0.15, 0.2) is 0 Å². The Bertz CT molecular complexity index is 421. The smallest absolute Gasteiger partial charge is 0.237 e. The number of hydrogen-bond acceptors (Lipinski definition) is 4. The van der Waals surface area contributed by atoms with Crippen LogP contribution in [0.4, 0.5) is 0 Å². The second-order valence-corrected chi connectivity index (χ2v) is 6.28. The molecular weight excluding hydrogens is 254 g/mol. The summed E-state index contributed by atoms with van der Waals surface area (Å²) in [6.45, 7) is 2.76. The molecule has 0 radical (unpaired) electrons. The third-order valence-electron chi connectivity index (χ3n) is 3.02. The van der Waals surface area contributed by atoms with E-state index in [2.05, 4.69) is 4.72 Å². The van der Waals surface area contributed by atoms with Crippen LogP contribution < -0.4 is 4.72 Å². The molecule has 1 atom stereocenters. The number of nitriles is 1. The topological polar surface area (TPSA) is 90.3 Å². The van der Waals surface area contributed by atoms with E-state index in [1.54, 1.807) is 17.9 Å². The minimum absolute atomic E-state index is 0.212. The number of nitrogens with zero attached hydrogens (tertiary/aromatic N) is 2. The van der Waals surface area contributed by atoms with Gasteiger partial charge in [-0.15, -0.1) is 0 Å². The molecule has 7 heteroatoms. The van der Waals surface area contributed by atoms with Crippen LogP contribution in [-0.2, 0) is 14.8 Å². The van der Waals surface area contributed by atoms with Gasteiger partial charge in [-0.1, -0.05) is 6.92 Å². The van der Waals surface area contributed by atoms with E-state index in [0.29, 0.717) is 13.1 Å². The maximum Gasteiger partial charge on any atom is 0.237 e. The van der Waals surface area contributed by atoms with Crippen molar-refractivity contribution in [2.45, 2.75) is 37.9 Å². The Morgan fingerprint density at radius 2 is 2.00 bits per heavy atom. The molecule has 0 aromatic heterocycles. The highest BCUT2D eigenvalue weighted by atomic mass is 32.2. The van der Waals surface area contributed by atoms with Crippen LogP contribution in [0.3, 0.4) is 0 Å². The molecule has 1 aliphatic rings. The van der Waals surface area contributed by atoms with Crippen LogP contribution in [0.2, 0.25) is 0 Å². The Kier molecular flexibility index (Phi) is 5.56. The third-order valence-corrected chi connectivity index (χ3v) is 4.76. The summed E-state index contributed by atoms with van der Waals surface area (Å²) in [6, 6.07) is 1.72. The molecule has 0 aromatic carbocycles. The molecule has 18 heavy (non-hydrogen) atoms. The highest BCUT2D eigenvalue weighted by Crippen LogP contribution is 2.09. The van der Waals surface area contributed by atoms with E-state index in [4.69, 9.17) is 5.26 Å². The van der Waals surface area contributed by atoms with Gasteiger partial charge in [0.2, 0.25) is 15.9 Å². The van der Waals surface area contributed by atoms with E-state index in [9.17, 15) is 13.2 Å². The van der Waals surface area contributed by atoms with E-state index in [-0.39, 0.29) is 18.9 Å². The van der Waals surface area contributed by atoms with Crippen molar-refractivity contribution in [1.29, 1.82) is 5.26 Å². The maximum absolute atomic E-state index is 11.8. The molecule has 0 aromatic rings. The summed E-state index contributed by atoms with van der Waals surface area (Å²) in [5, 5.41) is 7.62. The standard InChI is InChI=1S/C11H19N3O3S/c1-2-10(8-12)18(16,17)13-9-11(15)14-6-4-3-5-7-14/h10,13H,2-7,9H2,1H3. The van der Waals surface area contributed by atoms with Crippen molar-refractivity contribution in [2.24, 2.45) is 0 Å². The highest BCUT2D eigenvalue weighted by molar-refractivity contribution is 7.90. The summed E-state index contributed by atoms with van der Waals surface area (Å²) in [7, 11) is -3.71. The van der Waals surface area contributed by atoms with Crippen molar-refractivity contribution < 1.29 is 13.2 Å². The SMILES string of the molecule is CCC(C#N)S(=O)(=O)NCC(=O)N1CCCCC1. The minimum atomic E-state index is -3.71. The molecule has 1 aliphatic heterocycles. The largest absolute Gasteiger partial charge is 0.342 e. The summed E-state index contributed by atoms with van der Waals surface area (Å²) < 4.78 is 25.6. The first-order valence-corrected chi connectivity index (χ1v) is 7.71. The van der Waals surface area contributed by atoms with Crippen molar-refractivity contribution in [3.8, 4) is 6.07 Å². The normalized spacial score (nSPS) is 18.1. The van der Waals surface area contributed by atoms with Crippen molar-refractivity contribution in [2.75, 3.05) is 19.6 Å². The minimum Gasteiger partial charge on any atom is -0.342 e. The number of sulfonamides is 1. The molecule has 0 bridgehead atoms. The number of piperidine rings is 1. The molecule has 1 heterocycles. The number of amides is 1. The van der Waals surface area contributed by atoms with Crippen molar-refractivity contribution >= 4 is 15.9 Å². The van der Waals surface area contributed by atoms with Crippen LogP contribution >= 0.6 is 0 Å². The zero-order valence-electron chi connectivity index (χ0n) is 10.6. The van der Waals surface area contributed by atoms with Gasteiger partial charge in [0.15, 0.2) is 5.25 Å². The second kappa shape index (κ2) is 6.71. The van der Waals surface area contributed by atoms with E-state index in [1.807, 2.05) is 0 Å². The first-order valence-electron chi connectivity index (χ1n) is 6.17. The van der Waals surface area contributed by atoms with Crippen molar-refractivity contribution in [3.63, 3.8) is 0 Å². The van der Waals surface area contributed by atoms with Crippen molar-refractivity contribution in [3.05, 3.63) is 0 Å². The first-order chi connectivity index (χ1) is 8.51. The monoisotopic (exact) mass is 273 g/mol. The van der Waals surface area contributed by atoms with Gasteiger partial charge in [-0.2, -0.15) is 5.26 Å². The molecule has 1 fully saturated rings. The van der Waals surface area contributed by atoms with Gasteiger partial charge in [0.1, 0.15) is 0 Å². The molecule has 0 saturated carbocycles. The van der Waals surface area contributed by atoms with Crippen molar-refractivity contribution in [1.82, 2.24) is 9.62 Å². The molecule has 1 rings (SSSR count). The Balaban J connectivity index is 2.49. The van der Waals surface area contributed by atoms with Crippen LogP contribution in [0.25, 0.3) is 0 Å². The zero-order valence-corrected chi connectivity index (χ0v) is 11.4. The summed E-state index contributed by atoms with van der Waals surface area (Å²) >= 11 is 0. The van der Waals surface area contributed by atoms with Crippen LogP contribution in [0.1, 0.15) is 32.6 Å². The highest BCUT2D eigenvalue weighted by Gasteiger charge is 2.25. The molecule has 1 saturated heterocycles. The lowest BCUT2D eigenvalue weighted by Crippen LogP contribution is -2.44. The average Bonchev–Trinajstić information content (AvgIpc) is 2.38. The van der Waals surface area contributed by atoms with Gasteiger partial charge in [-0.05, 0) is 25.7 Å². The van der Waals surface area contributed by atoms with E-state index in [1.165, 1.54) is 0 Å². The molecule has 0 spiro atoms. The zero-order chi connectivity index (χ0) is 13.6. The summed E-state index contributed by atoms with van der Waals surface area (Å²) in [6.07, 6.45) is 3.26. The molecule has 1 N–H and O–H groups in total. The van der Waals surface area contributed by atoms with Crippen LogP contribution in [0, 0.1) is 11.3 Å². The van der Waals surface area contributed by atoms with Gasteiger partial charge in [0.05, 0.1) is 12.6 Å². The van der Waals surface area contributed by atoms with Crippen LogP contribution in [0.5, 0.6) is 0 Å². The number of carbonyl (C=O) groups excluding carboxylic acids is 1. The fourth-order valence-electron chi connectivity index (χ4n) is 1.90. The van der Waals surface area contributed by atoms with E-state index < -0.39 is 15.3 Å². The number of likely N-dealkylation sites (tertiary alicyclic amines) is 1. The molecule has 0 aliphatic carbocycles. The number of carbonyl (C=O) groups is 1. The fraction of sp³-hybridized carbons (Fsp3) is 0.818. The Morgan fingerprint density at radius 3 is 2.50 bits per heavy atom. The molecular formula is C11H19N3O3S. The van der Waals surface area contributed by atoms with E-state index >= 15 is 0 Å². The maximum atomic E-state index is 11.8. The third kappa shape index (κ3) is 3.96. The predicted molar refractivity (Wildman–Crippen MR) is 67.0 cm³/mol. The van der Waals surface area contributed by atoms with Gasteiger partial charge in [0, 0.05) is 13.1 Å². The molecule has 1 amide bonds. The predicted octanol–water partition coefficient (Wildman–Crippen LogP) is 0.220. The molecule has 6 nitrogen and oxygen atoms in total. The second-order valence-electron chi connectivity index (χ2n) is 4.33. The quantitative estimate of drug-likeness (QED) is 0.776. The lowest BCUT2D eigenvalue weighted by Gasteiger charge is -2.26. The number of nitrogens with one attached hydrogen (secondary N) is 1. The van der Waals surface area contributed by atoms with Gasteiger partial charge in [-0.3, -0.25) is 4.79 Å². The summed E-state index contributed by atoms with van der Waals surface area (Å²) in [5.74, 6) is -0.217. The van der Waals surface area contributed by atoms with Gasteiger partial charge >= 0.3 is 0 Å². The molecule has 102 valence electrons. The van der Waals surface area contributed by atoms with Gasteiger partial charge in [0.25, 0.3) is 0 Å². The fourth-order valence-corrected chi connectivity index (χ4v) is 3.00. The lowest BCUT2D eigenvalue weighted by molar-refractivity contribution is -0.130. The van der Waals surface area contributed by atoms with E-state index in [0.717, 1.165) is 19.3 Å². The Labute approximate surface area is 108 Å². The van der Waals surface area contributed by atoms with Gasteiger partial charge in [-0.25, -0.2) is 13.1 Å². The average molecular weight is 273 g/mol. The van der Waals surface area contributed by atoms with Crippen LogP contribution in [-0.4, -0.2) is 44.1 Å².